The molecule has 1 saturated heterocycles. The van der Waals surface area contributed by atoms with Gasteiger partial charge >= 0.3 is 0 Å². The fourth-order valence-corrected chi connectivity index (χ4v) is 2.72. The quantitative estimate of drug-likeness (QED) is 0.894. The predicted molar refractivity (Wildman–Crippen MR) is 68.7 cm³/mol. The molecule has 104 valence electrons. The average molecular weight is 268 g/mol. The van der Waals surface area contributed by atoms with E-state index in [4.69, 9.17) is 5.73 Å². The van der Waals surface area contributed by atoms with Crippen molar-refractivity contribution >= 4 is 5.91 Å². The normalized spacial score (nSPS) is 23.5. The molecular formula is C14H18F2N2O. The Kier molecular flexibility index (Phi) is 4.14. The van der Waals surface area contributed by atoms with Crippen LogP contribution in [0.4, 0.5) is 8.78 Å². The van der Waals surface area contributed by atoms with Crippen molar-refractivity contribution in [2.24, 2.45) is 5.73 Å². The van der Waals surface area contributed by atoms with Gasteiger partial charge in [0.1, 0.15) is 17.2 Å². The van der Waals surface area contributed by atoms with Gasteiger partial charge in [-0.2, -0.15) is 0 Å². The van der Waals surface area contributed by atoms with Gasteiger partial charge in [-0.25, -0.2) is 8.78 Å². The van der Waals surface area contributed by atoms with Crippen LogP contribution in [-0.2, 0) is 0 Å². The molecule has 19 heavy (non-hydrogen) atoms. The van der Waals surface area contributed by atoms with Crippen LogP contribution in [0.25, 0.3) is 0 Å². The number of likely N-dealkylation sites (tertiary alicyclic amines) is 1. The highest BCUT2D eigenvalue weighted by molar-refractivity contribution is 5.95. The molecule has 1 fully saturated rings. The number of nitrogens with zero attached hydrogens (tertiary/aromatic N) is 1. The molecule has 0 aromatic heterocycles. The number of hydrogen-bond donors (Lipinski definition) is 1. The Morgan fingerprint density at radius 1 is 1.37 bits per heavy atom. The summed E-state index contributed by atoms with van der Waals surface area (Å²) < 4.78 is 27.4. The number of nitrogens with two attached hydrogens (primary N) is 1. The molecule has 2 rings (SSSR count). The summed E-state index contributed by atoms with van der Waals surface area (Å²) in [5.41, 5.74) is 5.19. The lowest BCUT2D eigenvalue weighted by Crippen LogP contribution is -2.52. The molecule has 1 aromatic rings. The van der Waals surface area contributed by atoms with E-state index in [1.807, 2.05) is 6.92 Å². The molecule has 1 aromatic carbocycles. The van der Waals surface area contributed by atoms with Gasteiger partial charge < -0.3 is 10.6 Å². The number of rotatable bonds is 2. The third kappa shape index (κ3) is 2.61. The second kappa shape index (κ2) is 5.65. The minimum Gasteiger partial charge on any atom is -0.332 e. The van der Waals surface area contributed by atoms with E-state index in [9.17, 15) is 13.6 Å². The third-order valence-corrected chi connectivity index (χ3v) is 3.71. The Balaban J connectivity index is 2.36. The first-order valence-electron chi connectivity index (χ1n) is 6.53. The zero-order valence-corrected chi connectivity index (χ0v) is 10.9. The maximum atomic E-state index is 13.7. The molecule has 0 radical (unpaired) electrons. The summed E-state index contributed by atoms with van der Waals surface area (Å²) in [6.45, 7) is 2.20. The van der Waals surface area contributed by atoms with Gasteiger partial charge in [0, 0.05) is 18.6 Å². The number of benzene rings is 1. The summed E-state index contributed by atoms with van der Waals surface area (Å²) in [5, 5.41) is 0. The summed E-state index contributed by atoms with van der Waals surface area (Å²) in [6.07, 6.45) is 2.59. The van der Waals surface area contributed by atoms with Crippen LogP contribution in [0.3, 0.4) is 0 Å². The van der Waals surface area contributed by atoms with Crippen LogP contribution in [0.1, 0.15) is 36.5 Å². The van der Waals surface area contributed by atoms with Crippen LogP contribution in [0.2, 0.25) is 0 Å². The molecular weight excluding hydrogens is 250 g/mol. The summed E-state index contributed by atoms with van der Waals surface area (Å²) >= 11 is 0. The highest BCUT2D eigenvalue weighted by Gasteiger charge is 2.33. The van der Waals surface area contributed by atoms with E-state index >= 15 is 0 Å². The first-order valence-corrected chi connectivity index (χ1v) is 6.53. The van der Waals surface area contributed by atoms with Crippen LogP contribution < -0.4 is 5.73 Å². The SMILES string of the molecule is CC1CCCC(CN)N1C(=O)c1c(F)cccc1F. The van der Waals surface area contributed by atoms with Crippen molar-refractivity contribution in [2.45, 2.75) is 38.3 Å². The standard InChI is InChI=1S/C14H18F2N2O/c1-9-4-2-5-10(8-17)18(9)14(19)13-11(15)6-3-7-12(13)16/h3,6-7,9-10H,2,4-5,8,17H2,1H3. The van der Waals surface area contributed by atoms with Crippen LogP contribution in [-0.4, -0.2) is 29.4 Å². The second-order valence-electron chi connectivity index (χ2n) is 4.98. The van der Waals surface area contributed by atoms with Gasteiger partial charge in [0.25, 0.3) is 5.91 Å². The second-order valence-corrected chi connectivity index (χ2v) is 4.98. The van der Waals surface area contributed by atoms with Gasteiger partial charge in [-0.15, -0.1) is 0 Å². The highest BCUT2D eigenvalue weighted by atomic mass is 19.1. The smallest absolute Gasteiger partial charge is 0.260 e. The lowest BCUT2D eigenvalue weighted by atomic mass is 9.95. The van der Waals surface area contributed by atoms with E-state index in [1.54, 1.807) is 0 Å². The van der Waals surface area contributed by atoms with Gasteiger partial charge in [0.15, 0.2) is 0 Å². The maximum absolute atomic E-state index is 13.7. The molecule has 0 bridgehead atoms. The Hall–Kier alpha value is -1.49. The molecule has 5 heteroatoms. The van der Waals surface area contributed by atoms with E-state index in [2.05, 4.69) is 0 Å². The average Bonchev–Trinajstić information content (AvgIpc) is 2.37. The molecule has 1 heterocycles. The van der Waals surface area contributed by atoms with E-state index < -0.39 is 23.1 Å². The Labute approximate surface area is 111 Å². The van der Waals surface area contributed by atoms with Crippen LogP contribution in [0.15, 0.2) is 18.2 Å². The lowest BCUT2D eigenvalue weighted by Gasteiger charge is -2.40. The molecule has 1 amide bonds. The largest absolute Gasteiger partial charge is 0.332 e. The van der Waals surface area contributed by atoms with Crippen molar-refractivity contribution in [2.75, 3.05) is 6.54 Å². The van der Waals surface area contributed by atoms with Crippen LogP contribution >= 0.6 is 0 Å². The summed E-state index contributed by atoms with van der Waals surface area (Å²) in [6, 6.07) is 3.26. The number of hydrogen-bond acceptors (Lipinski definition) is 2. The van der Waals surface area contributed by atoms with E-state index in [0.29, 0.717) is 6.54 Å². The van der Waals surface area contributed by atoms with Crippen molar-refractivity contribution in [1.29, 1.82) is 0 Å². The fourth-order valence-electron chi connectivity index (χ4n) is 2.72. The van der Waals surface area contributed by atoms with Crippen molar-refractivity contribution in [1.82, 2.24) is 4.90 Å². The Morgan fingerprint density at radius 3 is 2.58 bits per heavy atom. The number of carbonyl (C=O) groups is 1. The molecule has 1 aliphatic rings. The highest BCUT2D eigenvalue weighted by Crippen LogP contribution is 2.26. The van der Waals surface area contributed by atoms with Gasteiger partial charge in [-0.05, 0) is 38.3 Å². The van der Waals surface area contributed by atoms with Gasteiger partial charge in [0.05, 0.1) is 0 Å². The maximum Gasteiger partial charge on any atom is 0.260 e. The van der Waals surface area contributed by atoms with E-state index in [1.165, 1.54) is 11.0 Å². The molecule has 0 spiro atoms. The van der Waals surface area contributed by atoms with Gasteiger partial charge in [0.2, 0.25) is 0 Å². The van der Waals surface area contributed by atoms with Gasteiger partial charge in [-0.3, -0.25) is 4.79 Å². The molecule has 1 aliphatic heterocycles. The number of amides is 1. The minimum atomic E-state index is -0.821. The monoisotopic (exact) mass is 268 g/mol. The zero-order valence-electron chi connectivity index (χ0n) is 10.9. The summed E-state index contributed by atoms with van der Waals surface area (Å²) in [4.78, 5) is 13.9. The van der Waals surface area contributed by atoms with E-state index in [0.717, 1.165) is 31.4 Å². The molecule has 2 unspecified atom stereocenters. The van der Waals surface area contributed by atoms with Crippen molar-refractivity contribution in [3.8, 4) is 0 Å². The van der Waals surface area contributed by atoms with Crippen molar-refractivity contribution in [3.63, 3.8) is 0 Å². The number of halogens is 2. The summed E-state index contributed by atoms with van der Waals surface area (Å²) in [7, 11) is 0. The zero-order chi connectivity index (χ0) is 14.0. The molecule has 3 nitrogen and oxygen atoms in total. The molecule has 0 saturated carbocycles. The number of carbonyl (C=O) groups excluding carboxylic acids is 1. The first-order chi connectivity index (χ1) is 9.06. The Bertz CT molecular complexity index is 458. The first kappa shape index (κ1) is 13.9. The lowest BCUT2D eigenvalue weighted by molar-refractivity contribution is 0.0484. The van der Waals surface area contributed by atoms with Crippen molar-refractivity contribution < 1.29 is 13.6 Å². The molecule has 0 aliphatic carbocycles. The summed E-state index contributed by atoms with van der Waals surface area (Å²) in [5.74, 6) is -2.24. The molecule has 2 N–H and O–H groups in total. The van der Waals surface area contributed by atoms with E-state index in [-0.39, 0.29) is 12.1 Å². The van der Waals surface area contributed by atoms with Gasteiger partial charge in [-0.1, -0.05) is 6.07 Å². The molecule has 2 atom stereocenters. The van der Waals surface area contributed by atoms with Crippen LogP contribution in [0, 0.1) is 11.6 Å². The third-order valence-electron chi connectivity index (χ3n) is 3.71. The predicted octanol–water partition coefficient (Wildman–Crippen LogP) is 2.31. The fraction of sp³-hybridized carbons (Fsp3) is 0.500. The Morgan fingerprint density at radius 2 is 2.00 bits per heavy atom. The van der Waals surface area contributed by atoms with Crippen molar-refractivity contribution in [3.05, 3.63) is 35.4 Å². The topological polar surface area (TPSA) is 46.3 Å². The minimum absolute atomic E-state index is 0.0474. The number of piperidine rings is 1. The van der Waals surface area contributed by atoms with Crippen LogP contribution in [0.5, 0.6) is 0 Å².